The Labute approximate surface area is 113 Å². The van der Waals surface area contributed by atoms with Crippen LogP contribution >= 0.6 is 11.3 Å². The van der Waals surface area contributed by atoms with Gasteiger partial charge in [0.25, 0.3) is 0 Å². The van der Waals surface area contributed by atoms with Crippen molar-refractivity contribution in [1.29, 1.82) is 5.26 Å². The fourth-order valence-corrected chi connectivity index (χ4v) is 3.17. The Kier molecular flexibility index (Phi) is 2.69. The summed E-state index contributed by atoms with van der Waals surface area (Å²) in [5.41, 5.74) is 1.52. The molecule has 1 N–H and O–H groups in total. The topological polar surface area (TPSA) is 52.9 Å². The van der Waals surface area contributed by atoms with E-state index in [9.17, 15) is 4.79 Å². The maximum Gasteiger partial charge on any atom is 0.195 e. The van der Waals surface area contributed by atoms with Gasteiger partial charge >= 0.3 is 0 Å². The highest BCUT2D eigenvalue weighted by atomic mass is 32.1. The Morgan fingerprint density at radius 2 is 1.95 bits per heavy atom. The third kappa shape index (κ3) is 1.85. The van der Waals surface area contributed by atoms with Crippen molar-refractivity contribution in [3.63, 3.8) is 0 Å². The first kappa shape index (κ1) is 11.7. The number of hydrogen-bond donors (Lipinski definition) is 1. The summed E-state index contributed by atoms with van der Waals surface area (Å²) in [5.74, 6) is 0. The molecule has 2 aromatic carbocycles. The standard InChI is InChI=1S/C15H10N2OS/c1-17-10-3-5-13-12(7-10)15(18)11-4-2-9(8-16)6-14(11)19-13/h2-7,17H,1H3. The molecule has 0 fully saturated rings. The van der Waals surface area contributed by atoms with Crippen molar-refractivity contribution in [3.8, 4) is 6.07 Å². The predicted octanol–water partition coefficient (Wildman–Crippen LogP) is 3.33. The fraction of sp³-hybridized carbons (Fsp3) is 0.0667. The van der Waals surface area contributed by atoms with Crippen LogP contribution in [0, 0.1) is 11.3 Å². The number of fused-ring (bicyclic) bond motifs is 2. The molecule has 0 amide bonds. The van der Waals surface area contributed by atoms with Gasteiger partial charge in [-0.25, -0.2) is 0 Å². The van der Waals surface area contributed by atoms with Gasteiger partial charge in [-0.2, -0.15) is 5.26 Å². The summed E-state index contributed by atoms with van der Waals surface area (Å²) in [6, 6.07) is 13.0. The molecule has 0 bridgehead atoms. The van der Waals surface area contributed by atoms with Crippen LogP contribution in [0.1, 0.15) is 5.56 Å². The van der Waals surface area contributed by atoms with Crippen LogP contribution < -0.4 is 10.7 Å². The molecule has 0 unspecified atom stereocenters. The van der Waals surface area contributed by atoms with E-state index in [4.69, 9.17) is 5.26 Å². The van der Waals surface area contributed by atoms with Crippen LogP contribution in [0.25, 0.3) is 20.2 Å². The Hall–Kier alpha value is -2.38. The lowest BCUT2D eigenvalue weighted by atomic mass is 10.1. The maximum absolute atomic E-state index is 12.5. The minimum atomic E-state index is 0.0188. The van der Waals surface area contributed by atoms with Crippen LogP contribution in [0.15, 0.2) is 41.2 Å². The summed E-state index contributed by atoms with van der Waals surface area (Å²) < 4.78 is 1.79. The monoisotopic (exact) mass is 266 g/mol. The number of nitrogens with one attached hydrogen (secondary N) is 1. The zero-order valence-electron chi connectivity index (χ0n) is 10.2. The second-order valence-corrected chi connectivity index (χ2v) is 5.30. The number of anilines is 1. The number of benzene rings is 2. The first-order valence-corrected chi connectivity index (χ1v) is 6.63. The molecule has 1 heterocycles. The largest absolute Gasteiger partial charge is 0.388 e. The molecule has 92 valence electrons. The van der Waals surface area contributed by atoms with Gasteiger partial charge in [0.2, 0.25) is 0 Å². The average molecular weight is 266 g/mol. The Bertz CT molecular complexity index is 890. The van der Waals surface area contributed by atoms with E-state index in [1.54, 1.807) is 18.2 Å². The number of nitrogens with zero attached hydrogens (tertiary/aromatic N) is 1. The van der Waals surface area contributed by atoms with Gasteiger partial charge in [-0.05, 0) is 36.4 Å². The minimum Gasteiger partial charge on any atom is -0.388 e. The highest BCUT2D eigenvalue weighted by Crippen LogP contribution is 2.27. The zero-order valence-corrected chi connectivity index (χ0v) is 11.0. The fourth-order valence-electron chi connectivity index (χ4n) is 2.08. The third-order valence-electron chi connectivity index (χ3n) is 3.09. The summed E-state index contributed by atoms with van der Waals surface area (Å²) in [7, 11) is 1.83. The number of nitriles is 1. The highest BCUT2D eigenvalue weighted by molar-refractivity contribution is 7.24. The predicted molar refractivity (Wildman–Crippen MR) is 79.9 cm³/mol. The van der Waals surface area contributed by atoms with Crippen molar-refractivity contribution in [3.05, 3.63) is 52.2 Å². The van der Waals surface area contributed by atoms with E-state index < -0.39 is 0 Å². The molecule has 3 nitrogen and oxygen atoms in total. The smallest absolute Gasteiger partial charge is 0.195 e. The molecular weight excluding hydrogens is 256 g/mol. The van der Waals surface area contributed by atoms with Gasteiger partial charge in [0.05, 0.1) is 11.6 Å². The van der Waals surface area contributed by atoms with E-state index >= 15 is 0 Å². The SMILES string of the molecule is CNc1ccc2sc3cc(C#N)ccc3c(=O)c2c1. The summed E-state index contributed by atoms with van der Waals surface area (Å²) in [6.07, 6.45) is 0. The van der Waals surface area contributed by atoms with Gasteiger partial charge in [0, 0.05) is 32.9 Å². The van der Waals surface area contributed by atoms with Gasteiger partial charge in [0.1, 0.15) is 0 Å². The highest BCUT2D eigenvalue weighted by Gasteiger charge is 2.07. The molecule has 0 spiro atoms. The molecule has 0 aliphatic carbocycles. The first-order chi connectivity index (χ1) is 9.22. The molecule has 0 aliphatic rings. The van der Waals surface area contributed by atoms with Crippen molar-refractivity contribution in [2.24, 2.45) is 0 Å². The Morgan fingerprint density at radius 3 is 2.68 bits per heavy atom. The normalized spacial score (nSPS) is 10.5. The summed E-state index contributed by atoms with van der Waals surface area (Å²) in [6.45, 7) is 0. The minimum absolute atomic E-state index is 0.0188. The molecule has 0 saturated carbocycles. The van der Waals surface area contributed by atoms with E-state index in [1.165, 1.54) is 11.3 Å². The summed E-state index contributed by atoms with van der Waals surface area (Å²) >= 11 is 1.54. The van der Waals surface area contributed by atoms with Gasteiger partial charge in [-0.15, -0.1) is 11.3 Å². The molecule has 4 heteroatoms. The zero-order chi connectivity index (χ0) is 13.4. The third-order valence-corrected chi connectivity index (χ3v) is 4.22. The van der Waals surface area contributed by atoms with E-state index in [0.717, 1.165) is 15.1 Å². The van der Waals surface area contributed by atoms with Crippen molar-refractivity contribution >= 4 is 37.2 Å². The van der Waals surface area contributed by atoms with Crippen LogP contribution in [0.3, 0.4) is 0 Å². The average Bonchev–Trinajstić information content (AvgIpc) is 2.46. The van der Waals surface area contributed by atoms with Crippen molar-refractivity contribution < 1.29 is 0 Å². The van der Waals surface area contributed by atoms with Crippen LogP contribution in [-0.4, -0.2) is 7.05 Å². The molecule has 0 radical (unpaired) electrons. The van der Waals surface area contributed by atoms with Crippen LogP contribution in [-0.2, 0) is 0 Å². The van der Waals surface area contributed by atoms with Crippen molar-refractivity contribution in [2.75, 3.05) is 12.4 Å². The molecule has 0 saturated heterocycles. The van der Waals surface area contributed by atoms with Gasteiger partial charge in [-0.1, -0.05) is 0 Å². The second-order valence-electron chi connectivity index (χ2n) is 4.21. The maximum atomic E-state index is 12.5. The van der Waals surface area contributed by atoms with Gasteiger partial charge < -0.3 is 5.32 Å². The number of hydrogen-bond acceptors (Lipinski definition) is 4. The molecule has 3 aromatic rings. The quantitative estimate of drug-likeness (QED) is 0.687. The molecular formula is C15H10N2OS. The molecule has 0 aliphatic heterocycles. The second kappa shape index (κ2) is 4.38. The van der Waals surface area contributed by atoms with Crippen LogP contribution in [0.4, 0.5) is 5.69 Å². The Morgan fingerprint density at radius 1 is 1.11 bits per heavy atom. The van der Waals surface area contributed by atoms with Gasteiger partial charge in [0.15, 0.2) is 5.43 Å². The van der Waals surface area contributed by atoms with Crippen molar-refractivity contribution in [2.45, 2.75) is 0 Å². The van der Waals surface area contributed by atoms with Gasteiger partial charge in [-0.3, -0.25) is 4.79 Å². The number of rotatable bonds is 1. The lowest BCUT2D eigenvalue weighted by Crippen LogP contribution is -2.01. The van der Waals surface area contributed by atoms with Crippen molar-refractivity contribution in [1.82, 2.24) is 0 Å². The lowest BCUT2D eigenvalue weighted by molar-refractivity contribution is 1.50. The Balaban J connectivity index is 2.45. The van der Waals surface area contributed by atoms with E-state index in [1.807, 2.05) is 25.2 Å². The van der Waals surface area contributed by atoms with E-state index in [0.29, 0.717) is 16.3 Å². The summed E-state index contributed by atoms with van der Waals surface area (Å²) in [5, 5.41) is 13.3. The molecule has 0 atom stereocenters. The molecule has 1 aromatic heterocycles. The first-order valence-electron chi connectivity index (χ1n) is 5.81. The van der Waals surface area contributed by atoms with Crippen LogP contribution in [0.2, 0.25) is 0 Å². The van der Waals surface area contributed by atoms with E-state index in [-0.39, 0.29) is 5.43 Å². The molecule has 3 rings (SSSR count). The summed E-state index contributed by atoms with van der Waals surface area (Å²) in [4.78, 5) is 12.5. The molecule has 19 heavy (non-hydrogen) atoms. The van der Waals surface area contributed by atoms with Crippen LogP contribution in [0.5, 0.6) is 0 Å². The van der Waals surface area contributed by atoms with E-state index in [2.05, 4.69) is 11.4 Å². The lowest BCUT2D eigenvalue weighted by Gasteiger charge is -2.04.